The van der Waals surface area contributed by atoms with E-state index in [1.165, 1.54) is 6.07 Å². The van der Waals surface area contributed by atoms with Gasteiger partial charge in [0.05, 0.1) is 10.8 Å². The fourth-order valence-corrected chi connectivity index (χ4v) is 6.83. The SMILES string of the molecule is CCc1ccc2c(c1)[C@]1(C(=O)N2)C(C(=O)c2ccccc2)C(c2cccc([N+](=O)[O-])c2)C2CCCN21. The fourth-order valence-electron chi connectivity index (χ4n) is 6.83. The van der Waals surface area contributed by atoms with Crippen LogP contribution in [0.1, 0.15) is 52.7 Å². The Labute approximate surface area is 209 Å². The molecule has 3 heterocycles. The molecule has 1 amide bonds. The molecule has 182 valence electrons. The van der Waals surface area contributed by atoms with Gasteiger partial charge in [-0.2, -0.15) is 0 Å². The van der Waals surface area contributed by atoms with Crippen LogP contribution in [0.2, 0.25) is 0 Å². The Bertz CT molecular complexity index is 1390. The summed E-state index contributed by atoms with van der Waals surface area (Å²) in [6.45, 7) is 2.77. The van der Waals surface area contributed by atoms with E-state index in [9.17, 15) is 19.7 Å². The molecule has 3 aromatic carbocycles. The monoisotopic (exact) mass is 481 g/mol. The average Bonchev–Trinajstić information content (AvgIpc) is 3.57. The van der Waals surface area contributed by atoms with Crippen molar-refractivity contribution < 1.29 is 14.5 Å². The molecule has 0 aliphatic carbocycles. The molecule has 1 N–H and O–H groups in total. The maximum Gasteiger partial charge on any atom is 0.269 e. The summed E-state index contributed by atoms with van der Waals surface area (Å²) in [4.78, 5) is 41.9. The molecule has 4 atom stereocenters. The van der Waals surface area contributed by atoms with Crippen LogP contribution < -0.4 is 5.32 Å². The highest BCUT2D eigenvalue weighted by molar-refractivity contribution is 6.12. The van der Waals surface area contributed by atoms with E-state index in [4.69, 9.17) is 0 Å². The van der Waals surface area contributed by atoms with E-state index in [1.54, 1.807) is 24.3 Å². The Balaban J connectivity index is 1.63. The topological polar surface area (TPSA) is 92.5 Å². The summed E-state index contributed by atoms with van der Waals surface area (Å²) in [5.41, 5.74) is 2.81. The Kier molecular flexibility index (Phi) is 5.26. The molecule has 2 saturated heterocycles. The zero-order valence-electron chi connectivity index (χ0n) is 20.0. The maximum atomic E-state index is 14.4. The second-order valence-electron chi connectivity index (χ2n) is 9.94. The Hall–Kier alpha value is -3.84. The first-order valence-electron chi connectivity index (χ1n) is 12.5. The van der Waals surface area contributed by atoms with Crippen LogP contribution in [0.15, 0.2) is 72.8 Å². The van der Waals surface area contributed by atoms with Crippen LogP contribution in [0.4, 0.5) is 11.4 Å². The number of fused-ring (bicyclic) bond motifs is 4. The zero-order valence-corrected chi connectivity index (χ0v) is 20.0. The lowest BCUT2D eigenvalue weighted by Gasteiger charge is -2.37. The van der Waals surface area contributed by atoms with Gasteiger partial charge in [-0.15, -0.1) is 0 Å². The number of nitro groups is 1. The molecule has 7 nitrogen and oxygen atoms in total. The van der Waals surface area contributed by atoms with E-state index in [-0.39, 0.29) is 29.3 Å². The van der Waals surface area contributed by atoms with Gasteiger partial charge >= 0.3 is 0 Å². The van der Waals surface area contributed by atoms with E-state index in [2.05, 4.69) is 23.2 Å². The molecule has 0 bridgehead atoms. The Morgan fingerprint density at radius 1 is 1.11 bits per heavy atom. The summed E-state index contributed by atoms with van der Waals surface area (Å²) < 4.78 is 0. The van der Waals surface area contributed by atoms with Gasteiger partial charge in [0.15, 0.2) is 5.78 Å². The van der Waals surface area contributed by atoms with E-state index in [0.717, 1.165) is 41.6 Å². The van der Waals surface area contributed by atoms with Gasteiger partial charge in [0.25, 0.3) is 5.69 Å². The number of nitrogens with zero attached hydrogens (tertiary/aromatic N) is 2. The molecule has 0 radical (unpaired) electrons. The Morgan fingerprint density at radius 2 is 1.92 bits per heavy atom. The summed E-state index contributed by atoms with van der Waals surface area (Å²) in [6.07, 6.45) is 2.54. The molecule has 2 fully saturated rings. The van der Waals surface area contributed by atoms with Crippen LogP contribution in [0.5, 0.6) is 0 Å². The quantitative estimate of drug-likeness (QED) is 0.312. The average molecular weight is 482 g/mol. The smallest absolute Gasteiger partial charge is 0.269 e. The standard InChI is InChI=1S/C29H27N3O4/c1-2-18-13-14-23-22(16-18)29(28(34)30-23)26(27(33)19-8-4-3-5-9-19)25(24-12-7-15-31(24)29)20-10-6-11-21(17-20)32(35)36/h3-6,8-11,13-14,16-17,24-26H,2,7,12,15H2,1H3,(H,30,34)/t24?,25?,26?,29-/m1/s1. The molecule has 7 heteroatoms. The van der Waals surface area contributed by atoms with Crippen molar-refractivity contribution in [1.82, 2.24) is 4.90 Å². The number of non-ortho nitro benzene ring substituents is 1. The number of ketones is 1. The number of benzene rings is 3. The van der Waals surface area contributed by atoms with Crippen molar-refractivity contribution >= 4 is 23.1 Å². The van der Waals surface area contributed by atoms with Gasteiger partial charge in [0.1, 0.15) is 5.54 Å². The number of nitrogens with one attached hydrogen (secondary N) is 1. The second kappa shape index (κ2) is 8.38. The molecule has 3 aliphatic rings. The third-order valence-corrected chi connectivity index (χ3v) is 8.28. The number of hydrogen-bond acceptors (Lipinski definition) is 5. The summed E-state index contributed by atoms with van der Waals surface area (Å²) in [7, 11) is 0. The molecule has 0 saturated carbocycles. The lowest BCUT2D eigenvalue weighted by molar-refractivity contribution is -0.384. The van der Waals surface area contributed by atoms with E-state index in [1.807, 2.05) is 36.4 Å². The maximum absolute atomic E-state index is 14.4. The third-order valence-electron chi connectivity index (χ3n) is 8.28. The summed E-state index contributed by atoms with van der Waals surface area (Å²) >= 11 is 0. The van der Waals surface area contributed by atoms with Crippen molar-refractivity contribution in [1.29, 1.82) is 0 Å². The van der Waals surface area contributed by atoms with Gasteiger partial charge in [0, 0.05) is 40.9 Å². The second-order valence-corrected chi connectivity index (χ2v) is 9.94. The van der Waals surface area contributed by atoms with Crippen molar-refractivity contribution in [3.05, 3.63) is 105 Å². The first kappa shape index (κ1) is 22.6. The Morgan fingerprint density at radius 3 is 2.67 bits per heavy atom. The summed E-state index contributed by atoms with van der Waals surface area (Å²) in [5.74, 6) is -1.37. The summed E-state index contributed by atoms with van der Waals surface area (Å²) in [5, 5.41) is 14.7. The van der Waals surface area contributed by atoms with Crippen LogP contribution in [0, 0.1) is 16.0 Å². The van der Waals surface area contributed by atoms with Crippen LogP contribution >= 0.6 is 0 Å². The van der Waals surface area contributed by atoms with Crippen molar-refractivity contribution in [3.63, 3.8) is 0 Å². The molecule has 3 aromatic rings. The predicted molar refractivity (Wildman–Crippen MR) is 136 cm³/mol. The highest BCUT2D eigenvalue weighted by Gasteiger charge is 2.69. The molecular weight excluding hydrogens is 454 g/mol. The number of aryl methyl sites for hydroxylation is 1. The van der Waals surface area contributed by atoms with Gasteiger partial charge in [0.2, 0.25) is 5.91 Å². The lowest BCUT2D eigenvalue weighted by atomic mass is 9.68. The van der Waals surface area contributed by atoms with E-state index < -0.39 is 16.4 Å². The van der Waals surface area contributed by atoms with E-state index in [0.29, 0.717) is 12.1 Å². The minimum Gasteiger partial charge on any atom is -0.324 e. The first-order chi connectivity index (χ1) is 17.5. The predicted octanol–water partition coefficient (Wildman–Crippen LogP) is 5.07. The van der Waals surface area contributed by atoms with Crippen LogP contribution in [-0.4, -0.2) is 34.1 Å². The molecule has 3 aliphatic heterocycles. The number of hydrogen-bond donors (Lipinski definition) is 1. The van der Waals surface area contributed by atoms with Gasteiger partial charge in [-0.05, 0) is 43.0 Å². The number of rotatable bonds is 5. The van der Waals surface area contributed by atoms with Crippen molar-refractivity contribution in [2.75, 3.05) is 11.9 Å². The normalized spacial score (nSPS) is 26.6. The molecule has 1 spiro atoms. The highest BCUT2D eigenvalue weighted by atomic mass is 16.6. The molecule has 36 heavy (non-hydrogen) atoms. The number of carbonyl (C=O) groups is 2. The number of carbonyl (C=O) groups excluding carboxylic acids is 2. The molecule has 0 aromatic heterocycles. The minimum atomic E-state index is -1.16. The van der Waals surface area contributed by atoms with Gasteiger partial charge in [-0.25, -0.2) is 0 Å². The van der Waals surface area contributed by atoms with Gasteiger partial charge < -0.3 is 5.32 Å². The first-order valence-corrected chi connectivity index (χ1v) is 12.5. The van der Waals surface area contributed by atoms with Crippen molar-refractivity contribution in [3.8, 4) is 0 Å². The van der Waals surface area contributed by atoms with Gasteiger partial charge in [-0.3, -0.25) is 24.6 Å². The van der Waals surface area contributed by atoms with E-state index >= 15 is 0 Å². The zero-order chi connectivity index (χ0) is 25.0. The highest BCUT2D eigenvalue weighted by Crippen LogP contribution is 2.61. The lowest BCUT2D eigenvalue weighted by Crippen LogP contribution is -2.52. The fraction of sp³-hybridized carbons (Fsp3) is 0.310. The minimum absolute atomic E-state index is 0.00606. The summed E-state index contributed by atoms with van der Waals surface area (Å²) in [6, 6.07) is 21.7. The van der Waals surface area contributed by atoms with Crippen LogP contribution in [0.3, 0.4) is 0 Å². The molecular formula is C29H27N3O4. The third kappa shape index (κ3) is 3.09. The number of amides is 1. The van der Waals surface area contributed by atoms with Crippen LogP contribution in [0.25, 0.3) is 0 Å². The molecule has 3 unspecified atom stereocenters. The molecule has 6 rings (SSSR count). The van der Waals surface area contributed by atoms with Crippen LogP contribution in [-0.2, 0) is 16.8 Å². The number of Topliss-reactive ketones (excluding diaryl/α,β-unsaturated/α-hetero) is 1. The number of nitro benzene ring substituents is 1. The number of anilines is 1. The van der Waals surface area contributed by atoms with Gasteiger partial charge in [-0.1, -0.05) is 61.5 Å². The van der Waals surface area contributed by atoms with Crippen molar-refractivity contribution in [2.45, 2.75) is 43.7 Å². The van der Waals surface area contributed by atoms with Crippen molar-refractivity contribution in [2.24, 2.45) is 5.92 Å². The largest absolute Gasteiger partial charge is 0.324 e.